The Bertz CT molecular complexity index is 446. The van der Waals surface area contributed by atoms with Gasteiger partial charge in [-0.3, -0.25) is 9.36 Å². The van der Waals surface area contributed by atoms with Gasteiger partial charge < -0.3 is 4.74 Å². The van der Waals surface area contributed by atoms with E-state index in [1.54, 1.807) is 18.3 Å². The van der Waals surface area contributed by atoms with Gasteiger partial charge in [0.1, 0.15) is 6.54 Å². The number of unbranched alkanes of at least 4 members (excludes halogenated alkanes) is 4. The molecular formula is C14H20N2O2. The zero-order chi connectivity index (χ0) is 13.2. The van der Waals surface area contributed by atoms with Gasteiger partial charge in [0.2, 0.25) is 0 Å². The molecule has 0 N–H and O–H groups in total. The quantitative estimate of drug-likeness (QED) is 0.665. The van der Waals surface area contributed by atoms with Crippen molar-refractivity contribution in [1.29, 1.82) is 5.26 Å². The summed E-state index contributed by atoms with van der Waals surface area (Å²) in [4.78, 5) is 11.8. The SMILES string of the molecule is CCCCCCCOc1cccn(CC#N)c1=O. The first-order valence-electron chi connectivity index (χ1n) is 6.48. The lowest BCUT2D eigenvalue weighted by Crippen LogP contribution is -2.21. The van der Waals surface area contributed by atoms with Gasteiger partial charge in [0, 0.05) is 6.20 Å². The Balaban J connectivity index is 2.41. The summed E-state index contributed by atoms with van der Waals surface area (Å²) in [7, 11) is 0. The van der Waals surface area contributed by atoms with E-state index in [0.717, 1.165) is 12.8 Å². The summed E-state index contributed by atoms with van der Waals surface area (Å²) in [5.41, 5.74) is -0.229. The molecule has 0 saturated heterocycles. The van der Waals surface area contributed by atoms with E-state index in [4.69, 9.17) is 10.00 Å². The van der Waals surface area contributed by atoms with E-state index in [2.05, 4.69) is 6.92 Å². The summed E-state index contributed by atoms with van der Waals surface area (Å²) in [6.07, 6.45) is 7.38. The molecule has 18 heavy (non-hydrogen) atoms. The molecule has 4 nitrogen and oxygen atoms in total. The normalized spacial score (nSPS) is 10.0. The van der Waals surface area contributed by atoms with Crippen molar-refractivity contribution in [2.24, 2.45) is 0 Å². The molecule has 1 rings (SSSR count). The molecule has 0 atom stereocenters. The molecule has 1 heterocycles. The maximum Gasteiger partial charge on any atom is 0.293 e. The predicted molar refractivity (Wildman–Crippen MR) is 70.6 cm³/mol. The van der Waals surface area contributed by atoms with Crippen molar-refractivity contribution >= 4 is 0 Å². The Morgan fingerprint density at radius 1 is 1.33 bits per heavy atom. The Morgan fingerprint density at radius 2 is 2.11 bits per heavy atom. The fourth-order valence-corrected chi connectivity index (χ4v) is 1.71. The maximum absolute atomic E-state index is 11.8. The van der Waals surface area contributed by atoms with Crippen LogP contribution in [0, 0.1) is 11.3 Å². The molecule has 1 aromatic rings. The minimum atomic E-state index is -0.229. The van der Waals surface area contributed by atoms with Crippen LogP contribution in [0.4, 0.5) is 0 Å². The van der Waals surface area contributed by atoms with Crippen LogP contribution in [0.15, 0.2) is 23.1 Å². The molecular weight excluding hydrogens is 228 g/mol. The van der Waals surface area contributed by atoms with Crippen LogP contribution in [-0.4, -0.2) is 11.2 Å². The summed E-state index contributed by atoms with van der Waals surface area (Å²) in [6, 6.07) is 5.33. The molecule has 0 saturated carbocycles. The van der Waals surface area contributed by atoms with E-state index in [0.29, 0.717) is 12.4 Å². The standard InChI is InChI=1S/C14H20N2O2/c1-2-3-4-5-6-12-18-13-8-7-10-16(11-9-15)14(13)17/h7-8,10H,2-6,11-12H2,1H3. The first-order valence-corrected chi connectivity index (χ1v) is 6.48. The van der Waals surface area contributed by atoms with Crippen molar-refractivity contribution in [3.8, 4) is 11.8 Å². The topological polar surface area (TPSA) is 55.0 Å². The van der Waals surface area contributed by atoms with Gasteiger partial charge in [-0.2, -0.15) is 5.26 Å². The second-order valence-corrected chi connectivity index (χ2v) is 4.23. The Morgan fingerprint density at radius 3 is 2.83 bits per heavy atom. The average Bonchev–Trinajstić information content (AvgIpc) is 2.38. The molecule has 0 aromatic carbocycles. The van der Waals surface area contributed by atoms with Crippen LogP contribution in [0.2, 0.25) is 0 Å². The van der Waals surface area contributed by atoms with Gasteiger partial charge in [-0.25, -0.2) is 0 Å². The van der Waals surface area contributed by atoms with Crippen LogP contribution in [-0.2, 0) is 6.54 Å². The van der Waals surface area contributed by atoms with Gasteiger partial charge in [0.25, 0.3) is 5.56 Å². The second-order valence-electron chi connectivity index (χ2n) is 4.23. The zero-order valence-corrected chi connectivity index (χ0v) is 10.9. The van der Waals surface area contributed by atoms with Crippen molar-refractivity contribution in [2.75, 3.05) is 6.61 Å². The molecule has 98 valence electrons. The first kappa shape index (κ1) is 14.3. The van der Waals surface area contributed by atoms with Crippen LogP contribution in [0.3, 0.4) is 0 Å². The van der Waals surface area contributed by atoms with Gasteiger partial charge in [-0.15, -0.1) is 0 Å². The summed E-state index contributed by atoms with van der Waals surface area (Å²) in [5.74, 6) is 0.336. The van der Waals surface area contributed by atoms with Gasteiger partial charge in [0.05, 0.1) is 12.7 Å². The molecule has 0 spiro atoms. The van der Waals surface area contributed by atoms with Crippen LogP contribution < -0.4 is 10.3 Å². The van der Waals surface area contributed by atoms with Crippen LogP contribution in [0.25, 0.3) is 0 Å². The van der Waals surface area contributed by atoms with E-state index >= 15 is 0 Å². The van der Waals surface area contributed by atoms with E-state index in [1.165, 1.54) is 23.8 Å². The summed E-state index contributed by atoms with van der Waals surface area (Å²) in [6.45, 7) is 2.81. The smallest absolute Gasteiger partial charge is 0.293 e. The fraction of sp³-hybridized carbons (Fsp3) is 0.571. The minimum Gasteiger partial charge on any atom is -0.488 e. The van der Waals surface area contributed by atoms with Crippen molar-refractivity contribution in [3.05, 3.63) is 28.7 Å². The second kappa shape index (κ2) is 8.35. The number of hydrogen-bond acceptors (Lipinski definition) is 3. The third-order valence-corrected chi connectivity index (χ3v) is 2.73. The van der Waals surface area contributed by atoms with E-state index in [-0.39, 0.29) is 12.1 Å². The summed E-state index contributed by atoms with van der Waals surface area (Å²) < 4.78 is 6.81. The number of rotatable bonds is 8. The van der Waals surface area contributed by atoms with E-state index in [9.17, 15) is 4.79 Å². The Labute approximate surface area is 108 Å². The molecule has 1 aromatic heterocycles. The summed E-state index contributed by atoms with van der Waals surface area (Å²) >= 11 is 0. The zero-order valence-electron chi connectivity index (χ0n) is 10.9. The van der Waals surface area contributed by atoms with Gasteiger partial charge in [-0.05, 0) is 18.6 Å². The third kappa shape index (κ3) is 4.62. The number of pyridine rings is 1. The fourth-order valence-electron chi connectivity index (χ4n) is 1.71. The first-order chi connectivity index (χ1) is 8.79. The molecule has 0 amide bonds. The lowest BCUT2D eigenvalue weighted by Gasteiger charge is -2.07. The van der Waals surface area contributed by atoms with Crippen LogP contribution >= 0.6 is 0 Å². The molecule has 4 heteroatoms. The minimum absolute atomic E-state index is 0.0620. The highest BCUT2D eigenvalue weighted by atomic mass is 16.5. The van der Waals surface area contributed by atoms with Crippen molar-refractivity contribution in [3.63, 3.8) is 0 Å². The van der Waals surface area contributed by atoms with Gasteiger partial charge in [-0.1, -0.05) is 32.6 Å². The number of nitrogens with zero attached hydrogens (tertiary/aromatic N) is 2. The van der Waals surface area contributed by atoms with Crippen LogP contribution in [0.5, 0.6) is 5.75 Å². The monoisotopic (exact) mass is 248 g/mol. The van der Waals surface area contributed by atoms with E-state index in [1.807, 2.05) is 6.07 Å². The third-order valence-electron chi connectivity index (χ3n) is 2.73. The van der Waals surface area contributed by atoms with Gasteiger partial charge >= 0.3 is 0 Å². The predicted octanol–water partition coefficient (Wildman–Crippen LogP) is 2.72. The molecule has 0 aliphatic rings. The van der Waals surface area contributed by atoms with Crippen molar-refractivity contribution in [1.82, 2.24) is 4.57 Å². The van der Waals surface area contributed by atoms with Crippen molar-refractivity contribution < 1.29 is 4.74 Å². The number of nitriles is 1. The molecule has 0 unspecified atom stereocenters. The highest BCUT2D eigenvalue weighted by Crippen LogP contribution is 2.06. The maximum atomic E-state index is 11.8. The Kier molecular flexibility index (Phi) is 6.63. The number of ether oxygens (including phenoxy) is 1. The van der Waals surface area contributed by atoms with Crippen LogP contribution in [0.1, 0.15) is 39.0 Å². The molecule has 0 fully saturated rings. The molecule has 0 aliphatic carbocycles. The largest absolute Gasteiger partial charge is 0.488 e. The van der Waals surface area contributed by atoms with Gasteiger partial charge in [0.15, 0.2) is 5.75 Å². The van der Waals surface area contributed by atoms with E-state index < -0.39 is 0 Å². The number of aromatic nitrogens is 1. The highest BCUT2D eigenvalue weighted by Gasteiger charge is 2.03. The Hall–Kier alpha value is -1.76. The molecule has 0 radical (unpaired) electrons. The van der Waals surface area contributed by atoms with Crippen molar-refractivity contribution in [2.45, 2.75) is 45.6 Å². The lowest BCUT2D eigenvalue weighted by molar-refractivity contribution is 0.298. The summed E-state index contributed by atoms with van der Waals surface area (Å²) in [5, 5.41) is 8.58. The lowest BCUT2D eigenvalue weighted by atomic mass is 10.2. The molecule has 0 bridgehead atoms. The highest BCUT2D eigenvalue weighted by molar-refractivity contribution is 5.17. The average molecular weight is 248 g/mol. The number of hydrogen-bond donors (Lipinski definition) is 0. The molecule has 0 aliphatic heterocycles.